The van der Waals surface area contributed by atoms with Crippen LogP contribution in [0.4, 0.5) is 0 Å². The quantitative estimate of drug-likeness (QED) is 0.592. The van der Waals surface area contributed by atoms with E-state index in [0.29, 0.717) is 6.61 Å². The van der Waals surface area contributed by atoms with Crippen LogP contribution in [0.5, 0.6) is 0 Å². The molecule has 114 valence electrons. The fourth-order valence-corrected chi connectivity index (χ4v) is 2.56. The maximum atomic E-state index is 5.95. The monoisotopic (exact) mass is 278 g/mol. The molecule has 0 saturated heterocycles. The average molecular weight is 278 g/mol. The molecule has 0 bridgehead atoms. The van der Waals surface area contributed by atoms with Gasteiger partial charge in [0, 0.05) is 6.61 Å². The van der Waals surface area contributed by atoms with Crippen molar-refractivity contribution in [3.63, 3.8) is 0 Å². The lowest BCUT2D eigenvalue weighted by molar-refractivity contribution is -0.0366. The standard InChI is InChI=1S/C17H30N2O/c1-6-8-13-9-11-14(12-10-13)15(19-18)16(20-7-2)17(3,4)5/h9-12,15-16,19H,6-8,18H2,1-5H3. The van der Waals surface area contributed by atoms with Crippen LogP contribution in [0.15, 0.2) is 24.3 Å². The molecule has 0 fully saturated rings. The summed E-state index contributed by atoms with van der Waals surface area (Å²) < 4.78 is 5.95. The second kappa shape index (κ2) is 7.77. The van der Waals surface area contributed by atoms with Crippen LogP contribution >= 0.6 is 0 Å². The highest BCUT2D eigenvalue weighted by molar-refractivity contribution is 5.26. The number of benzene rings is 1. The Morgan fingerprint density at radius 2 is 1.75 bits per heavy atom. The van der Waals surface area contributed by atoms with Crippen LogP contribution in [0.25, 0.3) is 0 Å². The fraction of sp³-hybridized carbons (Fsp3) is 0.647. The van der Waals surface area contributed by atoms with E-state index in [4.69, 9.17) is 10.6 Å². The van der Waals surface area contributed by atoms with Gasteiger partial charge < -0.3 is 4.74 Å². The summed E-state index contributed by atoms with van der Waals surface area (Å²) in [6.07, 6.45) is 2.32. The lowest BCUT2D eigenvalue weighted by Gasteiger charge is -2.36. The smallest absolute Gasteiger partial charge is 0.0830 e. The van der Waals surface area contributed by atoms with E-state index in [1.807, 2.05) is 6.92 Å². The van der Waals surface area contributed by atoms with Crippen LogP contribution in [-0.4, -0.2) is 12.7 Å². The molecule has 3 N–H and O–H groups in total. The number of hydrogen-bond acceptors (Lipinski definition) is 3. The summed E-state index contributed by atoms with van der Waals surface area (Å²) in [6.45, 7) is 11.5. The Morgan fingerprint density at radius 3 is 2.15 bits per heavy atom. The zero-order valence-corrected chi connectivity index (χ0v) is 13.6. The zero-order valence-electron chi connectivity index (χ0n) is 13.6. The van der Waals surface area contributed by atoms with Gasteiger partial charge in [-0.2, -0.15) is 0 Å². The summed E-state index contributed by atoms with van der Waals surface area (Å²) >= 11 is 0. The van der Waals surface area contributed by atoms with Crippen LogP contribution < -0.4 is 11.3 Å². The Bertz CT molecular complexity index is 381. The number of ether oxygens (including phenoxy) is 1. The largest absolute Gasteiger partial charge is 0.376 e. The van der Waals surface area contributed by atoms with E-state index in [0.717, 1.165) is 6.42 Å². The minimum atomic E-state index is 0.00521. The second-order valence-corrected chi connectivity index (χ2v) is 6.38. The van der Waals surface area contributed by atoms with Gasteiger partial charge in [-0.05, 0) is 29.9 Å². The fourth-order valence-electron chi connectivity index (χ4n) is 2.56. The van der Waals surface area contributed by atoms with Gasteiger partial charge >= 0.3 is 0 Å². The summed E-state index contributed by atoms with van der Waals surface area (Å²) in [7, 11) is 0. The van der Waals surface area contributed by atoms with Crippen molar-refractivity contribution in [3.05, 3.63) is 35.4 Å². The van der Waals surface area contributed by atoms with Gasteiger partial charge in [0.25, 0.3) is 0 Å². The molecular formula is C17H30N2O. The van der Waals surface area contributed by atoms with Gasteiger partial charge in [0.1, 0.15) is 0 Å². The molecule has 1 rings (SSSR count). The molecule has 0 heterocycles. The summed E-state index contributed by atoms with van der Waals surface area (Å²) in [5.41, 5.74) is 5.51. The van der Waals surface area contributed by atoms with Crippen LogP contribution in [0.3, 0.4) is 0 Å². The molecule has 2 atom stereocenters. The molecule has 0 spiro atoms. The SMILES string of the molecule is CCCc1ccc(C(NN)C(OCC)C(C)(C)C)cc1. The lowest BCUT2D eigenvalue weighted by atomic mass is 9.82. The number of aryl methyl sites for hydroxylation is 1. The lowest BCUT2D eigenvalue weighted by Crippen LogP contribution is -2.44. The van der Waals surface area contributed by atoms with Gasteiger partial charge in [0.05, 0.1) is 12.1 Å². The summed E-state index contributed by atoms with van der Waals surface area (Å²) in [4.78, 5) is 0. The third-order valence-electron chi connectivity index (χ3n) is 3.56. The minimum Gasteiger partial charge on any atom is -0.376 e. The highest BCUT2D eigenvalue weighted by Crippen LogP contribution is 2.32. The van der Waals surface area contributed by atoms with Crippen molar-refractivity contribution in [1.82, 2.24) is 5.43 Å². The van der Waals surface area contributed by atoms with Gasteiger partial charge in [0.15, 0.2) is 0 Å². The predicted molar refractivity (Wildman–Crippen MR) is 85.4 cm³/mol. The molecule has 0 aliphatic rings. The third-order valence-corrected chi connectivity index (χ3v) is 3.56. The molecule has 1 aromatic carbocycles. The first-order chi connectivity index (χ1) is 9.43. The van der Waals surface area contributed by atoms with Crippen LogP contribution in [0, 0.1) is 5.41 Å². The highest BCUT2D eigenvalue weighted by atomic mass is 16.5. The zero-order chi connectivity index (χ0) is 15.2. The molecule has 3 nitrogen and oxygen atoms in total. The molecule has 3 heteroatoms. The molecule has 0 radical (unpaired) electrons. The minimum absolute atomic E-state index is 0.00521. The Balaban J connectivity index is 2.97. The van der Waals surface area contributed by atoms with E-state index in [1.165, 1.54) is 17.5 Å². The molecular weight excluding hydrogens is 248 g/mol. The third kappa shape index (κ3) is 4.58. The first kappa shape index (κ1) is 17.2. The Labute approximate surface area is 123 Å². The maximum Gasteiger partial charge on any atom is 0.0830 e. The summed E-state index contributed by atoms with van der Waals surface area (Å²) in [6, 6.07) is 8.70. The molecule has 0 aromatic heterocycles. The van der Waals surface area contributed by atoms with Gasteiger partial charge in [0.2, 0.25) is 0 Å². The average Bonchev–Trinajstić information content (AvgIpc) is 2.39. The van der Waals surface area contributed by atoms with Gasteiger partial charge in [-0.25, -0.2) is 0 Å². The van der Waals surface area contributed by atoms with Gasteiger partial charge in [-0.3, -0.25) is 11.3 Å². The van der Waals surface area contributed by atoms with Crippen molar-refractivity contribution in [2.24, 2.45) is 11.3 Å². The first-order valence-electron chi connectivity index (χ1n) is 7.60. The van der Waals surface area contributed by atoms with Crippen LogP contribution in [0.2, 0.25) is 0 Å². The van der Waals surface area contributed by atoms with Crippen molar-refractivity contribution in [2.45, 2.75) is 59.6 Å². The van der Waals surface area contributed by atoms with Crippen molar-refractivity contribution in [1.29, 1.82) is 0 Å². The van der Waals surface area contributed by atoms with E-state index in [-0.39, 0.29) is 17.6 Å². The number of hydrazine groups is 1. The Morgan fingerprint density at radius 1 is 1.15 bits per heavy atom. The van der Waals surface area contributed by atoms with Gasteiger partial charge in [-0.1, -0.05) is 58.4 Å². The van der Waals surface area contributed by atoms with Crippen LogP contribution in [0.1, 0.15) is 58.2 Å². The van der Waals surface area contributed by atoms with E-state index in [1.54, 1.807) is 0 Å². The summed E-state index contributed by atoms with van der Waals surface area (Å²) in [5, 5.41) is 0. The van der Waals surface area contributed by atoms with E-state index in [2.05, 4.69) is 57.4 Å². The van der Waals surface area contributed by atoms with Crippen molar-refractivity contribution in [3.8, 4) is 0 Å². The normalized spacial score (nSPS) is 15.1. The number of nitrogens with two attached hydrogens (primary N) is 1. The van der Waals surface area contributed by atoms with Gasteiger partial charge in [-0.15, -0.1) is 0 Å². The molecule has 2 unspecified atom stereocenters. The Kier molecular flexibility index (Phi) is 6.66. The first-order valence-corrected chi connectivity index (χ1v) is 7.60. The van der Waals surface area contributed by atoms with Crippen molar-refractivity contribution >= 4 is 0 Å². The second-order valence-electron chi connectivity index (χ2n) is 6.38. The molecule has 0 aliphatic heterocycles. The molecule has 20 heavy (non-hydrogen) atoms. The molecule has 0 saturated carbocycles. The predicted octanol–water partition coefficient (Wildman–Crippen LogP) is 3.59. The topological polar surface area (TPSA) is 47.3 Å². The number of rotatable bonds is 7. The van der Waals surface area contributed by atoms with E-state index >= 15 is 0 Å². The van der Waals surface area contributed by atoms with Crippen molar-refractivity contribution < 1.29 is 4.74 Å². The number of nitrogens with one attached hydrogen (secondary N) is 1. The van der Waals surface area contributed by atoms with E-state index < -0.39 is 0 Å². The molecule has 1 aromatic rings. The molecule has 0 aliphatic carbocycles. The highest BCUT2D eigenvalue weighted by Gasteiger charge is 2.33. The van der Waals surface area contributed by atoms with E-state index in [9.17, 15) is 0 Å². The van der Waals surface area contributed by atoms with Crippen LogP contribution in [-0.2, 0) is 11.2 Å². The summed E-state index contributed by atoms with van der Waals surface area (Å²) in [5.74, 6) is 5.80. The Hall–Kier alpha value is -0.900. The molecule has 0 amide bonds. The number of hydrogen-bond donors (Lipinski definition) is 2. The maximum absolute atomic E-state index is 5.95. The van der Waals surface area contributed by atoms with Crippen molar-refractivity contribution in [2.75, 3.05) is 6.61 Å².